The van der Waals surface area contributed by atoms with Gasteiger partial charge in [0.1, 0.15) is 5.58 Å². The number of hydrogen-bond acceptors (Lipinski definition) is 2. The summed E-state index contributed by atoms with van der Waals surface area (Å²) in [5.74, 6) is 1.05. The first kappa shape index (κ1) is 10.8. The summed E-state index contributed by atoms with van der Waals surface area (Å²) in [4.78, 5) is 0. The molecule has 0 aliphatic heterocycles. The van der Waals surface area contributed by atoms with Crippen LogP contribution in [0.3, 0.4) is 0 Å². The average molecular weight is 229 g/mol. The molecule has 2 nitrogen and oxygen atoms in total. The van der Waals surface area contributed by atoms with Gasteiger partial charge in [-0.2, -0.15) is 0 Å². The van der Waals surface area contributed by atoms with Crippen LogP contribution in [0, 0.1) is 5.92 Å². The van der Waals surface area contributed by atoms with Gasteiger partial charge < -0.3 is 9.73 Å². The fraction of sp³-hybridized carbons (Fsp3) is 0.467. The van der Waals surface area contributed by atoms with Crippen LogP contribution in [0.15, 0.2) is 34.9 Å². The van der Waals surface area contributed by atoms with E-state index in [4.69, 9.17) is 4.42 Å². The fourth-order valence-corrected chi connectivity index (χ4v) is 2.32. The molecule has 17 heavy (non-hydrogen) atoms. The normalized spacial score (nSPS) is 15.5. The molecule has 1 aromatic heterocycles. The molecule has 0 radical (unpaired) electrons. The maximum absolute atomic E-state index is 5.51. The summed E-state index contributed by atoms with van der Waals surface area (Å²) in [5, 5.41) is 4.74. The van der Waals surface area contributed by atoms with E-state index in [0.29, 0.717) is 0 Å². The van der Waals surface area contributed by atoms with Crippen LogP contribution in [0.2, 0.25) is 0 Å². The predicted octanol–water partition coefficient (Wildman–Crippen LogP) is 3.71. The Kier molecular flexibility index (Phi) is 3.14. The first-order chi connectivity index (χ1) is 8.43. The van der Waals surface area contributed by atoms with Gasteiger partial charge in [-0.05, 0) is 31.4 Å². The topological polar surface area (TPSA) is 25.2 Å². The number of benzene rings is 1. The molecule has 2 aromatic rings. The van der Waals surface area contributed by atoms with Gasteiger partial charge in [0.15, 0.2) is 0 Å². The molecule has 0 amide bonds. The molecular weight excluding hydrogens is 210 g/mol. The SMILES string of the molecule is c1ccc2c(CNCCCC3CC3)coc2c1. The first-order valence-electron chi connectivity index (χ1n) is 6.59. The van der Waals surface area contributed by atoms with Crippen LogP contribution >= 0.6 is 0 Å². The Balaban J connectivity index is 1.50. The molecule has 1 fully saturated rings. The van der Waals surface area contributed by atoms with Crippen molar-refractivity contribution in [3.8, 4) is 0 Å². The Labute approximate surface area is 102 Å². The molecule has 1 N–H and O–H groups in total. The van der Waals surface area contributed by atoms with Crippen LogP contribution in [0.1, 0.15) is 31.2 Å². The lowest BCUT2D eigenvalue weighted by atomic mass is 10.1. The number of para-hydroxylation sites is 1. The summed E-state index contributed by atoms with van der Waals surface area (Å²) >= 11 is 0. The number of hydrogen-bond donors (Lipinski definition) is 1. The van der Waals surface area contributed by atoms with Gasteiger partial charge in [0.2, 0.25) is 0 Å². The standard InChI is InChI=1S/C15H19NO/c1-2-6-15-14(5-1)13(11-17-15)10-16-9-3-4-12-7-8-12/h1-2,5-6,11-12,16H,3-4,7-10H2. The van der Waals surface area contributed by atoms with Crippen molar-refractivity contribution in [1.82, 2.24) is 5.32 Å². The Morgan fingerprint density at radius 2 is 2.12 bits per heavy atom. The van der Waals surface area contributed by atoms with Gasteiger partial charge in [-0.25, -0.2) is 0 Å². The molecule has 0 bridgehead atoms. The van der Waals surface area contributed by atoms with Gasteiger partial charge in [-0.15, -0.1) is 0 Å². The van der Waals surface area contributed by atoms with Crippen molar-refractivity contribution >= 4 is 11.0 Å². The minimum absolute atomic E-state index is 0.918. The summed E-state index contributed by atoms with van der Waals surface area (Å²) in [6.07, 6.45) is 7.51. The van der Waals surface area contributed by atoms with Gasteiger partial charge >= 0.3 is 0 Å². The lowest BCUT2D eigenvalue weighted by Gasteiger charge is -2.02. The summed E-state index contributed by atoms with van der Waals surface area (Å²) < 4.78 is 5.51. The zero-order valence-electron chi connectivity index (χ0n) is 10.1. The molecule has 90 valence electrons. The second-order valence-electron chi connectivity index (χ2n) is 5.02. The summed E-state index contributed by atoms with van der Waals surface area (Å²) in [6, 6.07) is 8.22. The number of nitrogens with one attached hydrogen (secondary N) is 1. The second kappa shape index (κ2) is 4.92. The number of furan rings is 1. The first-order valence-corrected chi connectivity index (χ1v) is 6.59. The van der Waals surface area contributed by atoms with Crippen molar-refractivity contribution in [2.75, 3.05) is 6.54 Å². The van der Waals surface area contributed by atoms with Gasteiger partial charge in [0.05, 0.1) is 6.26 Å². The van der Waals surface area contributed by atoms with Crippen molar-refractivity contribution in [3.63, 3.8) is 0 Å². The van der Waals surface area contributed by atoms with Crippen molar-refractivity contribution in [2.24, 2.45) is 5.92 Å². The highest BCUT2D eigenvalue weighted by atomic mass is 16.3. The highest BCUT2D eigenvalue weighted by molar-refractivity contribution is 5.80. The lowest BCUT2D eigenvalue weighted by Crippen LogP contribution is -2.14. The third kappa shape index (κ3) is 2.70. The average Bonchev–Trinajstić information content (AvgIpc) is 3.09. The Bertz CT molecular complexity index is 484. The van der Waals surface area contributed by atoms with E-state index in [1.807, 2.05) is 18.4 Å². The van der Waals surface area contributed by atoms with Crippen LogP contribution in [-0.2, 0) is 6.54 Å². The molecule has 0 spiro atoms. The molecule has 2 heteroatoms. The predicted molar refractivity (Wildman–Crippen MR) is 69.9 cm³/mol. The van der Waals surface area contributed by atoms with Gasteiger partial charge in [-0.3, -0.25) is 0 Å². The summed E-state index contributed by atoms with van der Waals surface area (Å²) in [5.41, 5.74) is 2.26. The van der Waals surface area contributed by atoms with Gasteiger partial charge in [-0.1, -0.05) is 31.0 Å². The zero-order valence-corrected chi connectivity index (χ0v) is 10.1. The monoisotopic (exact) mass is 229 g/mol. The number of rotatable bonds is 6. The summed E-state index contributed by atoms with van der Waals surface area (Å²) in [7, 11) is 0. The van der Waals surface area contributed by atoms with Crippen molar-refractivity contribution in [1.29, 1.82) is 0 Å². The third-order valence-corrected chi connectivity index (χ3v) is 3.54. The van der Waals surface area contributed by atoms with E-state index in [1.165, 1.54) is 36.6 Å². The lowest BCUT2D eigenvalue weighted by molar-refractivity contribution is 0.580. The highest BCUT2D eigenvalue weighted by Crippen LogP contribution is 2.33. The number of fused-ring (bicyclic) bond motifs is 1. The molecule has 1 aromatic carbocycles. The molecule has 0 saturated heterocycles. The molecule has 0 atom stereocenters. The van der Waals surface area contributed by atoms with Crippen molar-refractivity contribution in [3.05, 3.63) is 36.1 Å². The maximum atomic E-state index is 5.51. The fourth-order valence-electron chi connectivity index (χ4n) is 2.32. The van der Waals surface area contributed by atoms with E-state index in [0.717, 1.165) is 24.6 Å². The highest BCUT2D eigenvalue weighted by Gasteiger charge is 2.19. The molecule has 3 rings (SSSR count). The molecule has 0 unspecified atom stereocenters. The van der Waals surface area contributed by atoms with E-state index < -0.39 is 0 Å². The van der Waals surface area contributed by atoms with Crippen LogP contribution < -0.4 is 5.32 Å². The van der Waals surface area contributed by atoms with Crippen LogP contribution in [0.5, 0.6) is 0 Å². The van der Waals surface area contributed by atoms with E-state index in [-0.39, 0.29) is 0 Å². The van der Waals surface area contributed by atoms with Crippen molar-refractivity contribution in [2.45, 2.75) is 32.2 Å². The van der Waals surface area contributed by atoms with Crippen LogP contribution in [0.4, 0.5) is 0 Å². The second-order valence-corrected chi connectivity index (χ2v) is 5.02. The third-order valence-electron chi connectivity index (χ3n) is 3.54. The van der Waals surface area contributed by atoms with Crippen LogP contribution in [-0.4, -0.2) is 6.54 Å². The summed E-state index contributed by atoms with van der Waals surface area (Å²) in [6.45, 7) is 2.04. The van der Waals surface area contributed by atoms with Gasteiger partial charge in [0, 0.05) is 17.5 Å². The minimum Gasteiger partial charge on any atom is -0.464 e. The smallest absolute Gasteiger partial charge is 0.134 e. The Morgan fingerprint density at radius 1 is 1.24 bits per heavy atom. The van der Waals surface area contributed by atoms with E-state index in [9.17, 15) is 0 Å². The van der Waals surface area contributed by atoms with Crippen LogP contribution in [0.25, 0.3) is 11.0 Å². The largest absolute Gasteiger partial charge is 0.464 e. The Hall–Kier alpha value is -1.28. The minimum atomic E-state index is 0.918. The molecule has 1 aliphatic carbocycles. The molecule has 1 aliphatic rings. The zero-order chi connectivity index (χ0) is 11.5. The quantitative estimate of drug-likeness (QED) is 0.764. The van der Waals surface area contributed by atoms with E-state index in [2.05, 4.69) is 17.4 Å². The van der Waals surface area contributed by atoms with E-state index in [1.54, 1.807) is 0 Å². The van der Waals surface area contributed by atoms with E-state index >= 15 is 0 Å². The van der Waals surface area contributed by atoms with Crippen molar-refractivity contribution < 1.29 is 4.42 Å². The molecule has 1 heterocycles. The maximum Gasteiger partial charge on any atom is 0.134 e. The molecule has 1 saturated carbocycles. The van der Waals surface area contributed by atoms with Gasteiger partial charge in [0.25, 0.3) is 0 Å². The Morgan fingerprint density at radius 3 is 3.00 bits per heavy atom. The molecular formula is C15H19NO.